The molecule has 1 aliphatic heterocycles. The van der Waals surface area contributed by atoms with Crippen LogP contribution in [0.3, 0.4) is 0 Å². The number of amides is 1. The highest BCUT2D eigenvalue weighted by Gasteiger charge is 2.53. The van der Waals surface area contributed by atoms with Crippen LogP contribution in [-0.2, 0) is 24.4 Å². The fourth-order valence-electron chi connectivity index (χ4n) is 5.69. The van der Waals surface area contributed by atoms with E-state index in [0.29, 0.717) is 25.9 Å². The smallest absolute Gasteiger partial charge is 0.330 e. The number of esters is 1. The van der Waals surface area contributed by atoms with E-state index < -0.39 is 27.3 Å². The molecule has 1 heterocycles. The summed E-state index contributed by atoms with van der Waals surface area (Å²) in [4.78, 5) is 28.6. The third kappa shape index (κ3) is 15.2. The highest BCUT2D eigenvalue weighted by Crippen LogP contribution is 2.32. The number of nitrogens with zero attached hydrogens (tertiary/aromatic N) is 1. The second-order valence-corrected chi connectivity index (χ2v) is 13.7. The standard InChI is InChI=1S/C32H61NO6S/c1-3-5-7-9-11-13-17-21-25-32(40(36,37)38,29-30(34)33-26-22-18-14-15-19-23-27-33)31(35)39-28-24-20-16-12-10-8-6-4-2/h3-29H2,1-2H3,(H,36,37,38). The van der Waals surface area contributed by atoms with Crippen LogP contribution in [0.25, 0.3) is 0 Å². The van der Waals surface area contributed by atoms with Gasteiger partial charge in [0.15, 0.2) is 0 Å². The van der Waals surface area contributed by atoms with Gasteiger partial charge >= 0.3 is 5.97 Å². The zero-order chi connectivity index (χ0) is 29.5. The van der Waals surface area contributed by atoms with Gasteiger partial charge in [0, 0.05) is 13.1 Å². The Kier molecular flexibility index (Phi) is 20.7. The number of carbonyl (C=O) groups excluding carboxylic acids is 2. The lowest BCUT2D eigenvalue weighted by molar-refractivity contribution is -0.150. The van der Waals surface area contributed by atoms with E-state index in [4.69, 9.17) is 4.74 Å². The highest BCUT2D eigenvalue weighted by atomic mass is 32.2. The molecule has 7 nitrogen and oxygen atoms in total. The Hall–Kier alpha value is -1.15. The number of rotatable bonds is 22. The molecule has 0 radical (unpaired) electrons. The molecule has 0 spiro atoms. The van der Waals surface area contributed by atoms with Gasteiger partial charge in [0.25, 0.3) is 10.1 Å². The quantitative estimate of drug-likeness (QED) is 0.0775. The van der Waals surface area contributed by atoms with Crippen molar-refractivity contribution in [2.75, 3.05) is 19.7 Å². The van der Waals surface area contributed by atoms with Gasteiger partial charge in [-0.25, -0.2) is 0 Å². The van der Waals surface area contributed by atoms with Crippen molar-refractivity contribution in [1.82, 2.24) is 4.90 Å². The van der Waals surface area contributed by atoms with Gasteiger partial charge < -0.3 is 9.64 Å². The van der Waals surface area contributed by atoms with Crippen molar-refractivity contribution < 1.29 is 27.3 Å². The van der Waals surface area contributed by atoms with Gasteiger partial charge in [-0.15, -0.1) is 0 Å². The number of ether oxygens (including phenoxy) is 1. The van der Waals surface area contributed by atoms with Gasteiger partial charge in [-0.3, -0.25) is 14.1 Å². The molecular formula is C32H61NO6S. The van der Waals surface area contributed by atoms with Crippen molar-refractivity contribution in [3.63, 3.8) is 0 Å². The molecular weight excluding hydrogens is 526 g/mol. The Morgan fingerprint density at radius 2 is 1.10 bits per heavy atom. The molecule has 0 bridgehead atoms. The molecule has 1 amide bonds. The Morgan fingerprint density at radius 3 is 1.57 bits per heavy atom. The van der Waals surface area contributed by atoms with Crippen LogP contribution in [0.1, 0.15) is 168 Å². The van der Waals surface area contributed by atoms with E-state index in [1.165, 1.54) is 44.9 Å². The van der Waals surface area contributed by atoms with E-state index in [1.807, 2.05) is 0 Å². The van der Waals surface area contributed by atoms with Crippen molar-refractivity contribution in [3.05, 3.63) is 0 Å². The molecule has 40 heavy (non-hydrogen) atoms. The first kappa shape index (κ1) is 36.9. The number of carbonyl (C=O) groups is 2. The van der Waals surface area contributed by atoms with Crippen LogP contribution >= 0.6 is 0 Å². The van der Waals surface area contributed by atoms with Crippen molar-refractivity contribution in [3.8, 4) is 0 Å². The third-order valence-electron chi connectivity index (χ3n) is 8.43. The third-order valence-corrected chi connectivity index (χ3v) is 9.93. The summed E-state index contributed by atoms with van der Waals surface area (Å²) in [6.07, 6.45) is 22.1. The van der Waals surface area contributed by atoms with Gasteiger partial charge in [0.2, 0.25) is 10.7 Å². The van der Waals surface area contributed by atoms with Gasteiger partial charge in [-0.1, -0.05) is 136 Å². The predicted octanol–water partition coefficient (Wildman–Crippen LogP) is 8.40. The van der Waals surface area contributed by atoms with Crippen molar-refractivity contribution >= 4 is 22.0 Å². The lowest BCUT2D eigenvalue weighted by Gasteiger charge is -2.31. The minimum absolute atomic E-state index is 0.0867. The van der Waals surface area contributed by atoms with Crippen LogP contribution in [0, 0.1) is 0 Å². The molecule has 1 fully saturated rings. The molecule has 0 saturated carbocycles. The van der Waals surface area contributed by atoms with Crippen LogP contribution in [0.5, 0.6) is 0 Å². The lowest BCUT2D eigenvalue weighted by Crippen LogP contribution is -2.51. The van der Waals surface area contributed by atoms with Crippen LogP contribution in [-0.4, -0.2) is 54.2 Å². The van der Waals surface area contributed by atoms with Crippen LogP contribution < -0.4 is 0 Å². The van der Waals surface area contributed by atoms with E-state index in [2.05, 4.69) is 13.8 Å². The Morgan fingerprint density at radius 1 is 0.675 bits per heavy atom. The average molecular weight is 588 g/mol. The lowest BCUT2D eigenvalue weighted by atomic mass is 9.95. The molecule has 0 aromatic rings. The van der Waals surface area contributed by atoms with Crippen LogP contribution in [0.2, 0.25) is 0 Å². The molecule has 0 aromatic heterocycles. The SMILES string of the molecule is CCCCCCCCCCOC(=O)C(CCCCCCCCCC)(CC(=O)N1CCCCCCCC1)S(=O)(=O)O. The average Bonchev–Trinajstić information content (AvgIpc) is 3.06. The normalized spacial score (nSPS) is 16.5. The minimum atomic E-state index is -4.87. The first-order valence-corrected chi connectivity index (χ1v) is 18.1. The van der Waals surface area contributed by atoms with Crippen LogP contribution in [0.15, 0.2) is 0 Å². The summed E-state index contributed by atoms with van der Waals surface area (Å²) in [5, 5.41) is 0. The molecule has 1 unspecified atom stereocenters. The zero-order valence-electron chi connectivity index (χ0n) is 25.9. The van der Waals surface area contributed by atoms with E-state index in [9.17, 15) is 22.6 Å². The monoisotopic (exact) mass is 587 g/mol. The van der Waals surface area contributed by atoms with Gasteiger partial charge in [-0.05, 0) is 25.7 Å². The fourth-order valence-corrected chi connectivity index (χ4v) is 6.67. The van der Waals surface area contributed by atoms with Gasteiger partial charge in [0.1, 0.15) is 0 Å². The zero-order valence-corrected chi connectivity index (χ0v) is 26.8. The predicted molar refractivity (Wildman–Crippen MR) is 164 cm³/mol. The summed E-state index contributed by atoms with van der Waals surface area (Å²) in [5.74, 6) is -1.33. The molecule has 1 atom stereocenters. The maximum Gasteiger partial charge on any atom is 0.330 e. The Bertz CT molecular complexity index is 761. The van der Waals surface area contributed by atoms with Gasteiger partial charge in [0.05, 0.1) is 13.0 Å². The molecule has 1 N–H and O–H groups in total. The second kappa shape index (κ2) is 22.4. The topological polar surface area (TPSA) is 101 Å². The summed E-state index contributed by atoms with van der Waals surface area (Å²) in [5.41, 5.74) is 0. The van der Waals surface area contributed by atoms with E-state index >= 15 is 0 Å². The molecule has 0 aromatic carbocycles. The maximum absolute atomic E-state index is 13.4. The minimum Gasteiger partial charge on any atom is -0.464 e. The second-order valence-electron chi connectivity index (χ2n) is 12.0. The molecule has 8 heteroatoms. The number of hydrogen-bond donors (Lipinski definition) is 1. The number of hydrogen-bond acceptors (Lipinski definition) is 5. The van der Waals surface area contributed by atoms with Crippen molar-refractivity contribution in [1.29, 1.82) is 0 Å². The van der Waals surface area contributed by atoms with E-state index in [0.717, 1.165) is 83.5 Å². The maximum atomic E-state index is 13.4. The summed E-state index contributed by atoms with van der Waals surface area (Å²) in [6.45, 7) is 5.61. The van der Waals surface area contributed by atoms with Crippen molar-refractivity contribution in [2.45, 2.75) is 173 Å². The summed E-state index contributed by atoms with van der Waals surface area (Å²) in [6, 6.07) is 0. The van der Waals surface area contributed by atoms with E-state index in [1.54, 1.807) is 4.90 Å². The molecule has 1 saturated heterocycles. The Balaban J connectivity index is 2.84. The molecule has 1 aliphatic rings. The molecule has 1 rings (SSSR count). The molecule has 236 valence electrons. The van der Waals surface area contributed by atoms with E-state index in [-0.39, 0.29) is 18.9 Å². The highest BCUT2D eigenvalue weighted by molar-refractivity contribution is 7.88. The summed E-state index contributed by atoms with van der Waals surface area (Å²) < 4.78 is 39.5. The largest absolute Gasteiger partial charge is 0.464 e. The summed E-state index contributed by atoms with van der Waals surface area (Å²) >= 11 is 0. The summed E-state index contributed by atoms with van der Waals surface area (Å²) in [7, 11) is -4.87. The number of unbranched alkanes of at least 4 members (excludes halogenated alkanes) is 14. The Labute approximate surface area is 246 Å². The fraction of sp³-hybridized carbons (Fsp3) is 0.938. The van der Waals surface area contributed by atoms with Crippen LogP contribution in [0.4, 0.5) is 0 Å². The molecule has 0 aliphatic carbocycles. The first-order valence-electron chi connectivity index (χ1n) is 16.7. The van der Waals surface area contributed by atoms with Crippen molar-refractivity contribution in [2.24, 2.45) is 0 Å². The first-order chi connectivity index (χ1) is 19.3. The van der Waals surface area contributed by atoms with Gasteiger partial charge in [-0.2, -0.15) is 8.42 Å².